The van der Waals surface area contributed by atoms with Crippen molar-refractivity contribution >= 4 is 27.5 Å². The van der Waals surface area contributed by atoms with Gasteiger partial charge in [0.05, 0.1) is 16.1 Å². The molecular formula is C33H31F4N3O4S. The van der Waals surface area contributed by atoms with Crippen molar-refractivity contribution in [3.63, 3.8) is 0 Å². The van der Waals surface area contributed by atoms with Crippen LogP contribution in [0, 0.1) is 5.82 Å². The van der Waals surface area contributed by atoms with Crippen LogP contribution in [0.1, 0.15) is 23.6 Å². The molecule has 0 aliphatic carbocycles. The number of rotatable bonds is 12. The highest BCUT2D eigenvalue weighted by Gasteiger charge is 2.36. The summed E-state index contributed by atoms with van der Waals surface area (Å²) < 4.78 is 84.3. The third kappa shape index (κ3) is 8.27. The molecule has 4 rings (SSSR count). The summed E-state index contributed by atoms with van der Waals surface area (Å²) in [7, 11) is -4.60. The summed E-state index contributed by atoms with van der Waals surface area (Å²) >= 11 is 0. The molecule has 1 N–H and O–H groups in total. The SMILES string of the molecule is CCNC(=O)[C@@H](Cc1ccccc1)N(Cc1ccccc1F)C(=O)CN(c1cccc(C(F)(F)F)c1)S(=O)(=O)c1ccccc1. The molecule has 0 aromatic heterocycles. The van der Waals surface area contributed by atoms with Gasteiger partial charge in [-0.1, -0.05) is 72.8 Å². The van der Waals surface area contributed by atoms with Gasteiger partial charge in [0.1, 0.15) is 18.4 Å². The minimum Gasteiger partial charge on any atom is -0.355 e. The van der Waals surface area contributed by atoms with E-state index in [0.29, 0.717) is 15.9 Å². The van der Waals surface area contributed by atoms with Crippen LogP contribution in [-0.2, 0) is 38.8 Å². The number of hydrogen-bond donors (Lipinski definition) is 1. The average molecular weight is 642 g/mol. The molecular weight excluding hydrogens is 610 g/mol. The molecule has 4 aromatic carbocycles. The number of anilines is 1. The number of benzene rings is 4. The van der Waals surface area contributed by atoms with Gasteiger partial charge in [0.2, 0.25) is 11.8 Å². The van der Waals surface area contributed by atoms with Crippen LogP contribution in [0.4, 0.5) is 23.2 Å². The van der Waals surface area contributed by atoms with E-state index in [4.69, 9.17) is 0 Å². The molecule has 0 heterocycles. The predicted octanol–water partition coefficient (Wildman–Crippen LogP) is 5.82. The first kappa shape index (κ1) is 33.2. The lowest BCUT2D eigenvalue weighted by Crippen LogP contribution is -2.53. The molecule has 12 heteroatoms. The van der Waals surface area contributed by atoms with E-state index in [2.05, 4.69) is 5.32 Å². The van der Waals surface area contributed by atoms with Crippen LogP contribution in [0.5, 0.6) is 0 Å². The first-order valence-electron chi connectivity index (χ1n) is 14.0. The molecule has 45 heavy (non-hydrogen) atoms. The Labute approximate surface area is 259 Å². The standard InChI is InChI=1S/C33H31F4N3O4S/c1-2-38-32(42)30(20-24-12-5-3-6-13-24)39(22-25-14-9-10-19-29(25)34)31(41)23-40(45(43,44)28-17-7-4-8-18-28)27-16-11-15-26(21-27)33(35,36)37/h3-19,21,30H,2,20,22-23H2,1H3,(H,38,42)/t30-/m1/s1. The lowest BCUT2D eigenvalue weighted by atomic mass is 10.0. The molecule has 0 fully saturated rings. The zero-order valence-corrected chi connectivity index (χ0v) is 25.1. The summed E-state index contributed by atoms with van der Waals surface area (Å²) in [6.07, 6.45) is -4.79. The Kier molecular flexibility index (Phi) is 10.6. The third-order valence-electron chi connectivity index (χ3n) is 6.99. The summed E-state index contributed by atoms with van der Waals surface area (Å²) in [5, 5.41) is 2.68. The topological polar surface area (TPSA) is 86.8 Å². The van der Waals surface area contributed by atoms with E-state index in [1.165, 1.54) is 42.5 Å². The van der Waals surface area contributed by atoms with Crippen molar-refractivity contribution in [3.8, 4) is 0 Å². The molecule has 0 spiro atoms. The molecule has 0 bridgehead atoms. The molecule has 0 aliphatic heterocycles. The Morgan fingerprint density at radius 3 is 2.09 bits per heavy atom. The van der Waals surface area contributed by atoms with E-state index < -0.39 is 64.2 Å². The first-order valence-corrected chi connectivity index (χ1v) is 15.5. The minimum atomic E-state index is -4.79. The van der Waals surface area contributed by atoms with Gasteiger partial charge in [0, 0.05) is 25.1 Å². The summed E-state index contributed by atoms with van der Waals surface area (Å²) in [5.74, 6) is -2.15. The van der Waals surface area contributed by atoms with Crippen molar-refractivity contribution < 1.29 is 35.6 Å². The normalized spacial score (nSPS) is 12.3. The number of carbonyl (C=O) groups is 2. The molecule has 0 saturated heterocycles. The van der Waals surface area contributed by atoms with Gasteiger partial charge in [0.15, 0.2) is 0 Å². The summed E-state index contributed by atoms with van der Waals surface area (Å²) in [6.45, 7) is 0.506. The van der Waals surface area contributed by atoms with Gasteiger partial charge in [0.25, 0.3) is 10.0 Å². The summed E-state index contributed by atoms with van der Waals surface area (Å²) in [5.41, 5.74) is -0.796. The maximum atomic E-state index is 14.9. The highest BCUT2D eigenvalue weighted by Crippen LogP contribution is 2.33. The summed E-state index contributed by atoms with van der Waals surface area (Å²) in [6, 6.07) is 23.7. The predicted molar refractivity (Wildman–Crippen MR) is 162 cm³/mol. The van der Waals surface area contributed by atoms with Crippen LogP contribution in [0.25, 0.3) is 0 Å². The molecule has 0 radical (unpaired) electrons. The van der Waals surface area contributed by atoms with Gasteiger partial charge < -0.3 is 10.2 Å². The second-order valence-corrected chi connectivity index (χ2v) is 11.9. The number of nitrogens with one attached hydrogen (secondary N) is 1. The van der Waals surface area contributed by atoms with Gasteiger partial charge in [-0.25, -0.2) is 12.8 Å². The number of likely N-dealkylation sites (N-methyl/N-ethyl adjacent to an activating group) is 1. The van der Waals surface area contributed by atoms with Crippen molar-refractivity contribution in [2.45, 2.75) is 37.0 Å². The number of carbonyl (C=O) groups excluding carboxylic acids is 2. The Morgan fingerprint density at radius 1 is 0.844 bits per heavy atom. The maximum absolute atomic E-state index is 14.9. The van der Waals surface area contributed by atoms with Crippen molar-refractivity contribution in [2.75, 3.05) is 17.4 Å². The molecule has 4 aromatic rings. The Bertz CT molecular complexity index is 1720. The number of sulfonamides is 1. The average Bonchev–Trinajstić information content (AvgIpc) is 3.03. The Hall–Kier alpha value is -4.71. The second kappa shape index (κ2) is 14.4. The number of nitrogens with zero attached hydrogens (tertiary/aromatic N) is 2. The lowest BCUT2D eigenvalue weighted by Gasteiger charge is -2.34. The van der Waals surface area contributed by atoms with E-state index in [0.717, 1.165) is 23.1 Å². The third-order valence-corrected chi connectivity index (χ3v) is 8.78. The molecule has 0 saturated carbocycles. The highest BCUT2D eigenvalue weighted by atomic mass is 32.2. The Morgan fingerprint density at radius 2 is 1.47 bits per heavy atom. The first-order chi connectivity index (χ1) is 21.4. The number of alkyl halides is 3. The van der Waals surface area contributed by atoms with Gasteiger partial charge in [-0.15, -0.1) is 0 Å². The number of halogens is 4. The van der Waals surface area contributed by atoms with Crippen LogP contribution < -0.4 is 9.62 Å². The van der Waals surface area contributed by atoms with Gasteiger partial charge >= 0.3 is 6.18 Å². The highest BCUT2D eigenvalue weighted by molar-refractivity contribution is 7.92. The fraction of sp³-hybridized carbons (Fsp3) is 0.212. The molecule has 0 aliphatic rings. The zero-order valence-electron chi connectivity index (χ0n) is 24.2. The van der Waals surface area contributed by atoms with Crippen LogP contribution in [0.3, 0.4) is 0 Å². The van der Waals surface area contributed by atoms with Gasteiger partial charge in [-0.3, -0.25) is 13.9 Å². The van der Waals surface area contributed by atoms with Crippen molar-refractivity contribution in [3.05, 3.63) is 132 Å². The fourth-order valence-electron chi connectivity index (χ4n) is 4.74. The van der Waals surface area contributed by atoms with Crippen LogP contribution in [0.15, 0.2) is 114 Å². The molecule has 0 unspecified atom stereocenters. The van der Waals surface area contributed by atoms with E-state index in [1.54, 1.807) is 49.4 Å². The van der Waals surface area contributed by atoms with E-state index in [1.807, 2.05) is 0 Å². The molecule has 236 valence electrons. The molecule has 2 amide bonds. The van der Waals surface area contributed by atoms with Crippen LogP contribution in [0.2, 0.25) is 0 Å². The van der Waals surface area contributed by atoms with Crippen LogP contribution >= 0.6 is 0 Å². The fourth-order valence-corrected chi connectivity index (χ4v) is 6.17. The zero-order chi connectivity index (χ0) is 32.6. The molecule has 1 atom stereocenters. The molecule has 7 nitrogen and oxygen atoms in total. The largest absolute Gasteiger partial charge is 0.416 e. The smallest absolute Gasteiger partial charge is 0.355 e. The van der Waals surface area contributed by atoms with Gasteiger partial charge in [-0.2, -0.15) is 13.2 Å². The van der Waals surface area contributed by atoms with Crippen molar-refractivity contribution in [2.24, 2.45) is 0 Å². The Balaban J connectivity index is 1.84. The quantitative estimate of drug-likeness (QED) is 0.198. The number of hydrogen-bond acceptors (Lipinski definition) is 4. The lowest BCUT2D eigenvalue weighted by molar-refractivity contribution is -0.140. The van der Waals surface area contributed by atoms with Crippen molar-refractivity contribution in [1.82, 2.24) is 10.2 Å². The number of amides is 2. The second-order valence-electron chi connectivity index (χ2n) is 10.1. The van der Waals surface area contributed by atoms with Crippen molar-refractivity contribution in [1.29, 1.82) is 0 Å². The van der Waals surface area contributed by atoms with Gasteiger partial charge in [-0.05, 0) is 48.9 Å². The van der Waals surface area contributed by atoms with E-state index in [-0.39, 0.29) is 23.4 Å². The minimum absolute atomic E-state index is 0.00185. The van der Waals surface area contributed by atoms with E-state index >= 15 is 0 Å². The monoisotopic (exact) mass is 641 g/mol. The van der Waals surface area contributed by atoms with E-state index in [9.17, 15) is 35.6 Å². The van der Waals surface area contributed by atoms with Crippen LogP contribution in [-0.4, -0.2) is 44.3 Å². The summed E-state index contributed by atoms with van der Waals surface area (Å²) in [4.78, 5) is 28.5. The maximum Gasteiger partial charge on any atom is 0.416 e.